The van der Waals surface area contributed by atoms with Crippen LogP contribution in [0.25, 0.3) is 0 Å². The molecule has 0 heterocycles. The first-order chi connectivity index (χ1) is 8.69. The van der Waals surface area contributed by atoms with Gasteiger partial charge in [-0.1, -0.05) is 12.1 Å². The fraction of sp³-hybridized carbons (Fsp3) is 0.143. The number of benzene rings is 2. The Labute approximate surface area is 114 Å². The van der Waals surface area contributed by atoms with E-state index < -0.39 is 0 Å². The Balaban J connectivity index is 2.02. The maximum Gasteiger partial charge on any atom is 0.124 e. The summed E-state index contributed by atoms with van der Waals surface area (Å²) in [4.78, 5) is 0. The van der Waals surface area contributed by atoms with E-state index in [2.05, 4.69) is 21.2 Å². The molecule has 94 valence electrons. The van der Waals surface area contributed by atoms with Gasteiger partial charge in [0.2, 0.25) is 0 Å². The number of rotatable bonds is 4. The van der Waals surface area contributed by atoms with Crippen molar-refractivity contribution in [3.05, 3.63) is 58.3 Å². The van der Waals surface area contributed by atoms with Gasteiger partial charge in [0, 0.05) is 16.7 Å². The third-order valence-electron chi connectivity index (χ3n) is 2.57. The molecule has 0 saturated carbocycles. The number of hydrogen-bond donors (Lipinski definition) is 1. The van der Waals surface area contributed by atoms with Crippen LogP contribution < -0.4 is 10.1 Å². The van der Waals surface area contributed by atoms with Crippen molar-refractivity contribution in [1.82, 2.24) is 0 Å². The van der Waals surface area contributed by atoms with Gasteiger partial charge in [-0.15, -0.1) is 0 Å². The number of ether oxygens (including phenoxy) is 1. The minimum absolute atomic E-state index is 0.253. The Morgan fingerprint density at radius 3 is 2.50 bits per heavy atom. The highest BCUT2D eigenvalue weighted by molar-refractivity contribution is 9.10. The molecule has 2 nitrogen and oxygen atoms in total. The molecule has 0 aliphatic carbocycles. The summed E-state index contributed by atoms with van der Waals surface area (Å²) in [5, 5.41) is 3.24. The van der Waals surface area contributed by atoms with E-state index in [4.69, 9.17) is 4.74 Å². The van der Waals surface area contributed by atoms with Gasteiger partial charge in [0.1, 0.15) is 11.6 Å². The van der Waals surface area contributed by atoms with Crippen molar-refractivity contribution in [3.8, 4) is 5.75 Å². The summed E-state index contributed by atoms with van der Waals surface area (Å²) in [5.74, 6) is 0.582. The fourth-order valence-corrected chi connectivity index (χ4v) is 2.06. The van der Waals surface area contributed by atoms with E-state index in [1.807, 2.05) is 24.3 Å². The molecule has 0 aliphatic heterocycles. The molecule has 4 heteroatoms. The van der Waals surface area contributed by atoms with E-state index in [0.717, 1.165) is 21.5 Å². The lowest BCUT2D eigenvalue weighted by Gasteiger charge is -2.09. The van der Waals surface area contributed by atoms with E-state index in [9.17, 15) is 4.39 Å². The molecule has 0 radical (unpaired) electrons. The lowest BCUT2D eigenvalue weighted by atomic mass is 10.2. The first kappa shape index (κ1) is 12.9. The highest BCUT2D eigenvalue weighted by Gasteiger charge is 2.01. The van der Waals surface area contributed by atoms with E-state index >= 15 is 0 Å². The van der Waals surface area contributed by atoms with Gasteiger partial charge >= 0.3 is 0 Å². The van der Waals surface area contributed by atoms with Gasteiger partial charge in [-0.25, -0.2) is 4.39 Å². The molecule has 0 fully saturated rings. The zero-order chi connectivity index (χ0) is 13.0. The van der Waals surface area contributed by atoms with Gasteiger partial charge < -0.3 is 10.1 Å². The van der Waals surface area contributed by atoms with E-state index in [-0.39, 0.29) is 5.82 Å². The first-order valence-corrected chi connectivity index (χ1v) is 6.30. The Bertz CT molecular complexity index is 528. The molecule has 0 saturated heterocycles. The highest BCUT2D eigenvalue weighted by atomic mass is 79.9. The Morgan fingerprint density at radius 1 is 1.17 bits per heavy atom. The Morgan fingerprint density at radius 2 is 1.89 bits per heavy atom. The molecule has 2 rings (SSSR count). The van der Waals surface area contributed by atoms with E-state index in [1.54, 1.807) is 13.2 Å². The predicted molar refractivity (Wildman–Crippen MR) is 74.4 cm³/mol. The summed E-state index contributed by atoms with van der Waals surface area (Å²) in [6, 6.07) is 12.4. The van der Waals surface area contributed by atoms with Crippen LogP contribution in [0, 0.1) is 5.82 Å². The van der Waals surface area contributed by atoms with E-state index in [1.165, 1.54) is 12.1 Å². The lowest BCUT2D eigenvalue weighted by Crippen LogP contribution is -2.00. The molecule has 1 N–H and O–H groups in total. The van der Waals surface area contributed by atoms with Crippen molar-refractivity contribution in [1.29, 1.82) is 0 Å². The van der Waals surface area contributed by atoms with Crippen molar-refractivity contribution in [3.63, 3.8) is 0 Å². The molecular weight excluding hydrogens is 297 g/mol. The van der Waals surface area contributed by atoms with Crippen molar-refractivity contribution in [2.24, 2.45) is 0 Å². The van der Waals surface area contributed by atoms with Crippen molar-refractivity contribution < 1.29 is 9.13 Å². The van der Waals surface area contributed by atoms with Crippen LogP contribution in [-0.4, -0.2) is 7.11 Å². The van der Waals surface area contributed by atoms with Gasteiger partial charge in [-0.05, 0) is 51.8 Å². The summed E-state index contributed by atoms with van der Waals surface area (Å²) in [6.07, 6.45) is 0. The van der Waals surface area contributed by atoms with Crippen LogP contribution in [0.2, 0.25) is 0 Å². The van der Waals surface area contributed by atoms with Crippen molar-refractivity contribution in [2.75, 3.05) is 12.4 Å². The molecule has 0 spiro atoms. The fourth-order valence-electron chi connectivity index (χ4n) is 1.57. The molecule has 0 amide bonds. The average molecular weight is 310 g/mol. The molecular formula is C14H13BrFNO. The first-order valence-electron chi connectivity index (χ1n) is 5.51. The smallest absolute Gasteiger partial charge is 0.124 e. The predicted octanol–water partition coefficient (Wildman–Crippen LogP) is 4.21. The van der Waals surface area contributed by atoms with Gasteiger partial charge in [-0.2, -0.15) is 0 Å². The molecule has 0 bridgehead atoms. The number of hydrogen-bond acceptors (Lipinski definition) is 2. The highest BCUT2D eigenvalue weighted by Crippen LogP contribution is 2.23. The summed E-state index contributed by atoms with van der Waals surface area (Å²) in [7, 11) is 1.64. The quantitative estimate of drug-likeness (QED) is 0.913. The number of nitrogens with one attached hydrogen (secondary N) is 1. The zero-order valence-corrected chi connectivity index (χ0v) is 11.5. The standard InChI is InChI=1S/C14H13BrFNO/c1-18-12-5-2-10(3-6-12)9-17-14-7-4-11(16)8-13(14)15/h2-8,17H,9H2,1H3. The SMILES string of the molecule is COc1ccc(CNc2ccc(F)cc2Br)cc1. The number of anilines is 1. The normalized spacial score (nSPS) is 10.2. The summed E-state index contributed by atoms with van der Waals surface area (Å²) in [6.45, 7) is 0.675. The molecule has 18 heavy (non-hydrogen) atoms. The topological polar surface area (TPSA) is 21.3 Å². The molecule has 0 aromatic heterocycles. The number of halogens is 2. The third-order valence-corrected chi connectivity index (χ3v) is 3.23. The second-order valence-corrected chi connectivity index (χ2v) is 4.68. The third kappa shape index (κ3) is 3.23. The van der Waals surface area contributed by atoms with Gasteiger partial charge in [-0.3, -0.25) is 0 Å². The lowest BCUT2D eigenvalue weighted by molar-refractivity contribution is 0.414. The minimum atomic E-state index is -0.253. The van der Waals surface area contributed by atoms with Crippen LogP contribution in [0.15, 0.2) is 46.9 Å². The van der Waals surface area contributed by atoms with Crippen LogP contribution >= 0.6 is 15.9 Å². The van der Waals surface area contributed by atoms with Crippen LogP contribution in [0.3, 0.4) is 0 Å². The summed E-state index contributed by atoms with van der Waals surface area (Å²) in [5.41, 5.74) is 2.00. The molecule has 0 atom stereocenters. The average Bonchev–Trinajstić information content (AvgIpc) is 2.38. The molecule has 0 unspecified atom stereocenters. The van der Waals surface area contributed by atoms with E-state index in [0.29, 0.717) is 6.54 Å². The zero-order valence-electron chi connectivity index (χ0n) is 9.91. The summed E-state index contributed by atoms with van der Waals surface area (Å²) >= 11 is 3.32. The van der Waals surface area contributed by atoms with Crippen LogP contribution in [0.5, 0.6) is 5.75 Å². The Kier molecular flexibility index (Phi) is 4.20. The summed E-state index contributed by atoms with van der Waals surface area (Å²) < 4.78 is 18.7. The second kappa shape index (κ2) is 5.87. The number of methoxy groups -OCH3 is 1. The molecule has 0 aliphatic rings. The molecule has 2 aromatic carbocycles. The van der Waals surface area contributed by atoms with Crippen LogP contribution in [0.4, 0.5) is 10.1 Å². The monoisotopic (exact) mass is 309 g/mol. The van der Waals surface area contributed by atoms with Gasteiger partial charge in [0.15, 0.2) is 0 Å². The largest absolute Gasteiger partial charge is 0.497 e. The van der Waals surface area contributed by atoms with Gasteiger partial charge in [0.05, 0.1) is 7.11 Å². The van der Waals surface area contributed by atoms with Crippen LogP contribution in [0.1, 0.15) is 5.56 Å². The Hall–Kier alpha value is -1.55. The van der Waals surface area contributed by atoms with Crippen molar-refractivity contribution in [2.45, 2.75) is 6.54 Å². The minimum Gasteiger partial charge on any atom is -0.497 e. The van der Waals surface area contributed by atoms with Crippen molar-refractivity contribution >= 4 is 21.6 Å². The van der Waals surface area contributed by atoms with Crippen LogP contribution in [-0.2, 0) is 6.54 Å². The maximum absolute atomic E-state index is 12.9. The molecule has 2 aromatic rings. The second-order valence-electron chi connectivity index (χ2n) is 3.83. The van der Waals surface area contributed by atoms with Gasteiger partial charge in [0.25, 0.3) is 0 Å². The maximum atomic E-state index is 12.9.